The molecule has 0 fully saturated rings. The van der Waals surface area contributed by atoms with Crippen molar-refractivity contribution in [2.75, 3.05) is 5.75 Å². The highest BCUT2D eigenvalue weighted by atomic mass is 32.2. The smallest absolute Gasteiger partial charge is 0.197 e. The molecular formula is C16H15N3O2S. The molecule has 0 bridgehead atoms. The molecule has 1 aromatic carbocycles. The number of pyridine rings is 1. The van der Waals surface area contributed by atoms with Gasteiger partial charge in [-0.3, -0.25) is 0 Å². The van der Waals surface area contributed by atoms with Gasteiger partial charge in [0.15, 0.2) is 11.6 Å². The third kappa shape index (κ3) is 3.59. The second-order valence-electron chi connectivity index (χ2n) is 4.73. The minimum Gasteiger partial charge on any atom is -0.506 e. The topological polar surface area (TPSA) is 66.7 Å². The maximum Gasteiger partial charge on any atom is 0.197 e. The molecular weight excluding hydrogens is 298 g/mol. The number of hydrogen-bond acceptors (Lipinski definition) is 5. The Morgan fingerprint density at radius 1 is 1.32 bits per heavy atom. The van der Waals surface area contributed by atoms with Crippen molar-refractivity contribution in [2.24, 2.45) is 4.99 Å². The lowest BCUT2D eigenvalue weighted by Crippen LogP contribution is -2.26. The summed E-state index contributed by atoms with van der Waals surface area (Å²) in [5, 5.41) is 14.9. The molecule has 2 aromatic rings. The number of hydrogen-bond donors (Lipinski definition) is 2. The average molecular weight is 313 g/mol. The number of thioether (sulfide) groups is 1. The van der Waals surface area contributed by atoms with E-state index in [1.54, 1.807) is 11.8 Å². The molecule has 1 aliphatic rings. The van der Waals surface area contributed by atoms with Gasteiger partial charge in [-0.2, -0.15) is 0 Å². The Bertz CT molecular complexity index is 729. The minimum atomic E-state index is 0.0388. The Hall–Kier alpha value is -2.47. The first-order chi connectivity index (χ1) is 10.7. The predicted octanol–water partition coefficient (Wildman–Crippen LogP) is 3.81. The zero-order chi connectivity index (χ0) is 15.4. The van der Waals surface area contributed by atoms with Gasteiger partial charge in [0, 0.05) is 11.8 Å². The van der Waals surface area contributed by atoms with E-state index in [9.17, 15) is 5.11 Å². The van der Waals surface area contributed by atoms with E-state index in [1.165, 1.54) is 12.3 Å². The molecule has 2 N–H and O–H groups in total. The van der Waals surface area contributed by atoms with Crippen molar-refractivity contribution < 1.29 is 9.84 Å². The second kappa shape index (κ2) is 6.53. The van der Waals surface area contributed by atoms with E-state index in [1.807, 2.05) is 42.7 Å². The number of nitrogens with one attached hydrogen (secondary N) is 1. The fraction of sp³-hybridized carbons (Fsp3) is 0.125. The van der Waals surface area contributed by atoms with Crippen LogP contribution in [0.15, 0.2) is 58.7 Å². The maximum absolute atomic E-state index is 9.64. The molecule has 0 atom stereocenters. The number of para-hydroxylation sites is 1. The molecule has 0 saturated heterocycles. The van der Waals surface area contributed by atoms with Crippen molar-refractivity contribution in [1.29, 1.82) is 0 Å². The van der Waals surface area contributed by atoms with Gasteiger partial charge in [0.1, 0.15) is 17.3 Å². The Morgan fingerprint density at radius 2 is 2.14 bits per heavy atom. The van der Waals surface area contributed by atoms with E-state index in [0.29, 0.717) is 17.3 Å². The van der Waals surface area contributed by atoms with Crippen LogP contribution in [0.2, 0.25) is 0 Å². The molecule has 0 radical (unpaired) electrons. The first kappa shape index (κ1) is 14.5. The fourth-order valence-corrected chi connectivity index (χ4v) is 2.62. The summed E-state index contributed by atoms with van der Waals surface area (Å²) in [5.41, 5.74) is 1.04. The quantitative estimate of drug-likeness (QED) is 0.902. The summed E-state index contributed by atoms with van der Waals surface area (Å²) in [4.78, 5) is 8.66. The lowest BCUT2D eigenvalue weighted by atomic mass is 10.3. The molecule has 1 aliphatic heterocycles. The summed E-state index contributed by atoms with van der Waals surface area (Å²) >= 11 is 1.67. The van der Waals surface area contributed by atoms with Crippen molar-refractivity contribution in [3.05, 3.63) is 53.7 Å². The average Bonchev–Trinajstić information content (AvgIpc) is 2.51. The van der Waals surface area contributed by atoms with Gasteiger partial charge in [-0.15, -0.1) is 11.8 Å². The lowest BCUT2D eigenvalue weighted by Gasteiger charge is -2.15. The summed E-state index contributed by atoms with van der Waals surface area (Å²) in [6, 6.07) is 10.9. The van der Waals surface area contributed by atoms with Crippen molar-refractivity contribution >= 4 is 23.4 Å². The molecule has 0 spiro atoms. The highest BCUT2D eigenvalue weighted by molar-refractivity contribution is 8.02. The van der Waals surface area contributed by atoms with Crippen molar-refractivity contribution in [3.8, 4) is 17.2 Å². The highest BCUT2D eigenvalue weighted by Crippen LogP contribution is 2.33. The van der Waals surface area contributed by atoms with E-state index in [4.69, 9.17) is 4.74 Å². The number of aromatic nitrogens is 1. The van der Waals surface area contributed by atoms with Crippen LogP contribution in [0, 0.1) is 0 Å². The summed E-state index contributed by atoms with van der Waals surface area (Å²) < 4.78 is 5.78. The molecule has 112 valence electrons. The molecule has 1 aromatic heterocycles. The summed E-state index contributed by atoms with van der Waals surface area (Å²) in [6.45, 7) is 1.98. The first-order valence-electron chi connectivity index (χ1n) is 6.75. The van der Waals surface area contributed by atoms with Crippen LogP contribution in [0.5, 0.6) is 17.2 Å². The zero-order valence-electron chi connectivity index (χ0n) is 12.0. The highest BCUT2D eigenvalue weighted by Gasteiger charge is 2.11. The number of allylic oxidation sites excluding steroid dienone is 1. The minimum absolute atomic E-state index is 0.0388. The SMILES string of the molecule is CC1=CSC/C(=N\c2ncc(O)cc2Oc2ccccc2)N1. The number of rotatable bonds is 3. The first-order valence-corrected chi connectivity index (χ1v) is 7.80. The van der Waals surface area contributed by atoms with E-state index in [0.717, 1.165) is 17.3 Å². The van der Waals surface area contributed by atoms with Crippen LogP contribution in [0.3, 0.4) is 0 Å². The van der Waals surface area contributed by atoms with Crippen LogP contribution in [-0.4, -0.2) is 21.7 Å². The summed E-state index contributed by atoms with van der Waals surface area (Å²) in [5.74, 6) is 3.10. The van der Waals surface area contributed by atoms with Crippen molar-refractivity contribution in [1.82, 2.24) is 10.3 Å². The number of benzene rings is 1. The fourth-order valence-electron chi connectivity index (χ4n) is 1.93. The monoisotopic (exact) mass is 313 g/mol. The molecule has 2 heterocycles. The van der Waals surface area contributed by atoms with Crippen LogP contribution in [0.25, 0.3) is 0 Å². The Balaban J connectivity index is 1.91. The number of aromatic hydroxyl groups is 1. The molecule has 0 unspecified atom stereocenters. The molecule has 3 rings (SSSR count). The summed E-state index contributed by atoms with van der Waals surface area (Å²) in [7, 11) is 0. The molecule has 22 heavy (non-hydrogen) atoms. The number of ether oxygens (including phenoxy) is 1. The molecule has 6 heteroatoms. The lowest BCUT2D eigenvalue weighted by molar-refractivity contribution is 0.452. The number of aliphatic imine (C=N–C) groups is 1. The van der Waals surface area contributed by atoms with E-state index >= 15 is 0 Å². The van der Waals surface area contributed by atoms with E-state index in [-0.39, 0.29) is 5.75 Å². The van der Waals surface area contributed by atoms with Crippen LogP contribution >= 0.6 is 11.8 Å². The molecule has 0 saturated carbocycles. The van der Waals surface area contributed by atoms with Gasteiger partial charge < -0.3 is 15.2 Å². The summed E-state index contributed by atoms with van der Waals surface area (Å²) in [6.07, 6.45) is 1.36. The van der Waals surface area contributed by atoms with Crippen LogP contribution < -0.4 is 10.1 Å². The largest absolute Gasteiger partial charge is 0.506 e. The van der Waals surface area contributed by atoms with Gasteiger partial charge in [0.2, 0.25) is 0 Å². The Labute approximate surface area is 132 Å². The number of amidine groups is 1. The van der Waals surface area contributed by atoms with Crippen LogP contribution in [0.1, 0.15) is 6.92 Å². The molecule has 0 aliphatic carbocycles. The third-order valence-electron chi connectivity index (χ3n) is 2.85. The van der Waals surface area contributed by atoms with Gasteiger partial charge in [0.25, 0.3) is 0 Å². The molecule has 0 amide bonds. The third-order valence-corrected chi connectivity index (χ3v) is 3.81. The van der Waals surface area contributed by atoms with Gasteiger partial charge in [-0.05, 0) is 24.5 Å². The van der Waals surface area contributed by atoms with E-state index in [2.05, 4.69) is 15.3 Å². The molecule has 5 nitrogen and oxygen atoms in total. The Morgan fingerprint density at radius 3 is 2.91 bits per heavy atom. The van der Waals surface area contributed by atoms with Gasteiger partial charge in [0.05, 0.1) is 11.9 Å². The Kier molecular flexibility index (Phi) is 4.29. The van der Waals surface area contributed by atoms with Gasteiger partial charge in [-0.25, -0.2) is 9.98 Å². The van der Waals surface area contributed by atoms with Gasteiger partial charge in [-0.1, -0.05) is 18.2 Å². The number of nitrogens with zero attached hydrogens (tertiary/aromatic N) is 2. The zero-order valence-corrected chi connectivity index (χ0v) is 12.8. The van der Waals surface area contributed by atoms with Crippen molar-refractivity contribution in [3.63, 3.8) is 0 Å². The maximum atomic E-state index is 9.64. The standard InChI is InChI=1S/C16H15N3O2S/c1-11-9-22-10-15(18-11)19-16-14(7-12(20)8-17-16)21-13-5-3-2-4-6-13/h2-9,20H,10H2,1H3,(H,17,18,19). The predicted molar refractivity (Wildman–Crippen MR) is 88.9 cm³/mol. The van der Waals surface area contributed by atoms with Crippen LogP contribution in [-0.2, 0) is 0 Å². The van der Waals surface area contributed by atoms with Crippen LogP contribution in [0.4, 0.5) is 5.82 Å². The normalized spacial score (nSPS) is 16.0. The second-order valence-corrected chi connectivity index (χ2v) is 5.58. The van der Waals surface area contributed by atoms with Crippen molar-refractivity contribution in [2.45, 2.75) is 6.92 Å². The van der Waals surface area contributed by atoms with E-state index < -0.39 is 0 Å². The van der Waals surface area contributed by atoms with Gasteiger partial charge >= 0.3 is 0 Å².